The lowest BCUT2D eigenvalue weighted by Gasteiger charge is -2.10. The van der Waals surface area contributed by atoms with Crippen molar-refractivity contribution >= 4 is 28.7 Å². The van der Waals surface area contributed by atoms with Crippen LogP contribution in [0.1, 0.15) is 18.9 Å². The number of nitrogens with two attached hydrogens (primary N) is 1. The van der Waals surface area contributed by atoms with E-state index >= 15 is 0 Å². The molecule has 19 heavy (non-hydrogen) atoms. The fourth-order valence-electron chi connectivity index (χ4n) is 2.53. The van der Waals surface area contributed by atoms with Gasteiger partial charge in [-0.25, -0.2) is 4.68 Å². The first-order valence-electron chi connectivity index (χ1n) is 5.93. The van der Waals surface area contributed by atoms with E-state index in [0.29, 0.717) is 24.0 Å². The van der Waals surface area contributed by atoms with E-state index in [-0.39, 0.29) is 29.7 Å². The van der Waals surface area contributed by atoms with Crippen molar-refractivity contribution in [3.05, 3.63) is 5.15 Å². The zero-order chi connectivity index (χ0) is 13.6. The number of hydrogen-bond donors (Lipinski definition) is 3. The van der Waals surface area contributed by atoms with Crippen LogP contribution < -0.4 is 5.73 Å². The highest BCUT2D eigenvalue weighted by Crippen LogP contribution is 2.35. The monoisotopic (exact) mass is 284 g/mol. The SMILES string of the molecule is Nc1nc(Cl)c2nnn([C@H]3C[C@@H](CO)[C@H](O)C3)c2n1. The number of fused-ring (bicyclic) bond motifs is 1. The summed E-state index contributed by atoms with van der Waals surface area (Å²) < 4.78 is 1.60. The summed E-state index contributed by atoms with van der Waals surface area (Å²) >= 11 is 5.93. The zero-order valence-corrected chi connectivity index (χ0v) is 10.7. The predicted octanol–water partition coefficient (Wildman–Crippen LogP) is -0.239. The molecule has 1 aliphatic carbocycles. The number of aliphatic hydroxyl groups excluding tert-OH is 2. The van der Waals surface area contributed by atoms with E-state index in [2.05, 4.69) is 20.3 Å². The van der Waals surface area contributed by atoms with Gasteiger partial charge < -0.3 is 15.9 Å². The van der Waals surface area contributed by atoms with Crippen molar-refractivity contribution in [2.45, 2.75) is 25.0 Å². The number of hydrogen-bond acceptors (Lipinski definition) is 7. The Hall–Kier alpha value is -1.51. The third-order valence-corrected chi connectivity index (χ3v) is 3.77. The summed E-state index contributed by atoms with van der Waals surface area (Å²) in [7, 11) is 0. The van der Waals surface area contributed by atoms with Crippen LogP contribution in [0.15, 0.2) is 0 Å². The molecule has 0 aromatic carbocycles. The van der Waals surface area contributed by atoms with Crippen LogP contribution in [0.25, 0.3) is 11.2 Å². The molecule has 1 aliphatic rings. The molecule has 9 heteroatoms. The Balaban J connectivity index is 2.02. The quantitative estimate of drug-likeness (QED) is 0.650. The Bertz CT molecular complexity index is 617. The van der Waals surface area contributed by atoms with Crippen LogP contribution in [0, 0.1) is 5.92 Å². The molecule has 3 rings (SSSR count). The van der Waals surface area contributed by atoms with Crippen molar-refractivity contribution in [1.29, 1.82) is 0 Å². The Morgan fingerprint density at radius 1 is 1.37 bits per heavy atom. The fraction of sp³-hybridized carbons (Fsp3) is 0.600. The third kappa shape index (κ3) is 2.01. The van der Waals surface area contributed by atoms with E-state index in [1.165, 1.54) is 0 Å². The molecule has 2 heterocycles. The lowest BCUT2D eigenvalue weighted by Crippen LogP contribution is -2.16. The maximum absolute atomic E-state index is 9.83. The van der Waals surface area contributed by atoms with Crippen LogP contribution in [0.2, 0.25) is 5.15 Å². The van der Waals surface area contributed by atoms with Crippen molar-refractivity contribution in [2.75, 3.05) is 12.3 Å². The minimum atomic E-state index is -0.552. The Kier molecular flexibility index (Phi) is 3.00. The van der Waals surface area contributed by atoms with Crippen molar-refractivity contribution in [1.82, 2.24) is 25.0 Å². The van der Waals surface area contributed by atoms with Crippen LogP contribution in [0.3, 0.4) is 0 Å². The topological polar surface area (TPSA) is 123 Å². The molecule has 0 bridgehead atoms. The van der Waals surface area contributed by atoms with Crippen molar-refractivity contribution in [3.63, 3.8) is 0 Å². The number of anilines is 1. The summed E-state index contributed by atoms with van der Waals surface area (Å²) in [5.41, 5.74) is 6.41. The molecule has 0 spiro atoms. The summed E-state index contributed by atoms with van der Waals surface area (Å²) in [5, 5.41) is 27.1. The Morgan fingerprint density at radius 2 is 2.16 bits per heavy atom. The number of aliphatic hydroxyl groups is 2. The van der Waals surface area contributed by atoms with E-state index < -0.39 is 6.10 Å². The molecule has 0 saturated heterocycles. The van der Waals surface area contributed by atoms with Crippen LogP contribution in [0.4, 0.5) is 5.95 Å². The van der Waals surface area contributed by atoms with E-state index in [1.807, 2.05) is 0 Å². The molecular weight excluding hydrogens is 272 g/mol. The van der Waals surface area contributed by atoms with Gasteiger partial charge in [0.1, 0.15) is 0 Å². The third-order valence-electron chi connectivity index (χ3n) is 3.51. The van der Waals surface area contributed by atoms with Gasteiger partial charge >= 0.3 is 0 Å². The minimum absolute atomic E-state index is 0.0534. The molecule has 2 aromatic rings. The molecule has 8 nitrogen and oxygen atoms in total. The average molecular weight is 285 g/mol. The molecule has 0 radical (unpaired) electrons. The second-order valence-corrected chi connectivity index (χ2v) is 5.07. The van der Waals surface area contributed by atoms with E-state index in [9.17, 15) is 10.2 Å². The fourth-order valence-corrected chi connectivity index (χ4v) is 2.74. The normalized spacial score (nSPS) is 27.2. The second-order valence-electron chi connectivity index (χ2n) is 4.71. The van der Waals surface area contributed by atoms with E-state index in [4.69, 9.17) is 17.3 Å². The number of aromatic nitrogens is 5. The molecule has 0 unspecified atom stereocenters. The highest BCUT2D eigenvalue weighted by Gasteiger charge is 2.35. The molecule has 4 N–H and O–H groups in total. The Morgan fingerprint density at radius 3 is 2.84 bits per heavy atom. The highest BCUT2D eigenvalue weighted by molar-refractivity contribution is 6.33. The van der Waals surface area contributed by atoms with Crippen molar-refractivity contribution in [2.24, 2.45) is 5.92 Å². The summed E-state index contributed by atoms with van der Waals surface area (Å²) in [6.45, 7) is -0.0534. The van der Waals surface area contributed by atoms with Gasteiger partial charge in [0.05, 0.1) is 12.1 Å². The lowest BCUT2D eigenvalue weighted by molar-refractivity contribution is 0.0906. The summed E-state index contributed by atoms with van der Waals surface area (Å²) in [6, 6.07) is -0.0810. The van der Waals surface area contributed by atoms with Gasteiger partial charge in [0.15, 0.2) is 16.3 Å². The molecule has 1 fully saturated rings. The highest BCUT2D eigenvalue weighted by atomic mass is 35.5. The van der Waals surface area contributed by atoms with Gasteiger partial charge in [-0.15, -0.1) is 5.10 Å². The summed E-state index contributed by atoms with van der Waals surface area (Å²) in [5.74, 6) is -0.0998. The Labute approximate surface area is 113 Å². The number of nitrogens with zero attached hydrogens (tertiary/aromatic N) is 5. The van der Waals surface area contributed by atoms with Gasteiger partial charge in [-0.1, -0.05) is 16.8 Å². The standard InChI is InChI=1S/C10H13ClN6O2/c11-8-7-9(14-10(12)13-8)17(16-15-7)5-1-4(3-18)6(19)2-5/h4-6,18-19H,1-3H2,(H2,12,13,14)/t4-,5-,6+/m0/s1. The van der Waals surface area contributed by atoms with Crippen molar-refractivity contribution in [3.8, 4) is 0 Å². The first-order valence-corrected chi connectivity index (χ1v) is 6.30. The van der Waals surface area contributed by atoms with E-state index in [1.54, 1.807) is 4.68 Å². The minimum Gasteiger partial charge on any atom is -0.396 e. The first kappa shape index (κ1) is 12.5. The average Bonchev–Trinajstić information content (AvgIpc) is 2.92. The number of rotatable bonds is 2. The molecule has 102 valence electrons. The molecular formula is C10H13ClN6O2. The van der Waals surface area contributed by atoms with Gasteiger partial charge in [0.2, 0.25) is 5.95 Å². The van der Waals surface area contributed by atoms with Gasteiger partial charge in [-0.05, 0) is 12.8 Å². The number of nitrogen functional groups attached to an aromatic ring is 1. The molecule has 0 aliphatic heterocycles. The van der Waals surface area contributed by atoms with Crippen LogP contribution in [-0.2, 0) is 0 Å². The number of halogens is 1. The van der Waals surface area contributed by atoms with Gasteiger partial charge in [0.25, 0.3) is 0 Å². The largest absolute Gasteiger partial charge is 0.396 e. The van der Waals surface area contributed by atoms with Gasteiger partial charge in [-0.2, -0.15) is 9.97 Å². The van der Waals surface area contributed by atoms with Gasteiger partial charge in [-0.3, -0.25) is 0 Å². The maximum atomic E-state index is 9.83. The smallest absolute Gasteiger partial charge is 0.223 e. The van der Waals surface area contributed by atoms with E-state index in [0.717, 1.165) is 0 Å². The first-order chi connectivity index (χ1) is 9.10. The van der Waals surface area contributed by atoms with Crippen LogP contribution in [-0.4, -0.2) is 47.9 Å². The predicted molar refractivity (Wildman–Crippen MR) is 67.4 cm³/mol. The maximum Gasteiger partial charge on any atom is 0.223 e. The zero-order valence-electron chi connectivity index (χ0n) is 9.94. The van der Waals surface area contributed by atoms with Gasteiger partial charge in [0, 0.05) is 12.5 Å². The lowest BCUT2D eigenvalue weighted by atomic mass is 10.1. The van der Waals surface area contributed by atoms with Crippen LogP contribution in [0.5, 0.6) is 0 Å². The molecule has 1 saturated carbocycles. The van der Waals surface area contributed by atoms with Crippen LogP contribution >= 0.6 is 11.6 Å². The molecule has 2 aromatic heterocycles. The molecule has 3 atom stereocenters. The van der Waals surface area contributed by atoms with Crippen molar-refractivity contribution < 1.29 is 10.2 Å². The second kappa shape index (κ2) is 4.55. The summed E-state index contributed by atoms with van der Waals surface area (Å²) in [4.78, 5) is 7.91. The molecule has 0 amide bonds. The summed E-state index contributed by atoms with van der Waals surface area (Å²) in [6.07, 6.45) is 0.548.